The number of aromatic nitrogens is 1. The second kappa shape index (κ2) is 5.58. The lowest BCUT2D eigenvalue weighted by Gasteiger charge is -2.21. The third-order valence-corrected chi connectivity index (χ3v) is 4.91. The molecule has 0 amide bonds. The molecule has 2 aromatic rings. The van der Waals surface area contributed by atoms with Crippen LogP contribution in [0, 0.1) is 11.8 Å². The highest BCUT2D eigenvalue weighted by Crippen LogP contribution is 2.39. The third-order valence-electron chi connectivity index (χ3n) is 4.91. The smallest absolute Gasteiger partial charge is 0.0365 e. The third kappa shape index (κ3) is 2.59. The van der Waals surface area contributed by atoms with Crippen molar-refractivity contribution in [2.75, 3.05) is 19.6 Å². The number of hydrogen-bond acceptors (Lipinski definition) is 3. The first-order valence-corrected chi connectivity index (χ1v) is 7.80. The molecule has 0 spiro atoms. The van der Waals surface area contributed by atoms with Gasteiger partial charge < -0.3 is 5.32 Å². The van der Waals surface area contributed by atoms with Crippen LogP contribution in [0.5, 0.6) is 0 Å². The lowest BCUT2D eigenvalue weighted by atomic mass is 9.90. The fraction of sp³-hybridized carbons (Fsp3) is 0.389. The molecule has 4 rings (SSSR count). The van der Waals surface area contributed by atoms with Gasteiger partial charge in [0.1, 0.15) is 0 Å². The molecule has 0 radical (unpaired) electrons. The van der Waals surface area contributed by atoms with Crippen molar-refractivity contribution < 1.29 is 0 Å². The molecular formula is C18H21N3. The minimum Gasteiger partial charge on any atom is -0.309 e. The summed E-state index contributed by atoms with van der Waals surface area (Å²) < 4.78 is 0. The summed E-state index contributed by atoms with van der Waals surface area (Å²) >= 11 is 0. The van der Waals surface area contributed by atoms with Crippen LogP contribution in [0.15, 0.2) is 54.9 Å². The topological polar surface area (TPSA) is 28.2 Å². The Bertz CT molecular complexity index is 584. The fourth-order valence-electron chi connectivity index (χ4n) is 3.92. The van der Waals surface area contributed by atoms with Crippen LogP contribution in [0.2, 0.25) is 0 Å². The highest BCUT2D eigenvalue weighted by atomic mass is 15.2. The highest BCUT2D eigenvalue weighted by molar-refractivity contribution is 5.20. The number of pyridine rings is 1. The van der Waals surface area contributed by atoms with E-state index in [1.807, 2.05) is 12.4 Å². The van der Waals surface area contributed by atoms with Gasteiger partial charge in [0, 0.05) is 44.6 Å². The van der Waals surface area contributed by atoms with Crippen LogP contribution in [0.3, 0.4) is 0 Å². The minimum atomic E-state index is 0.499. The van der Waals surface area contributed by atoms with Crippen molar-refractivity contribution in [3.8, 4) is 0 Å². The number of nitrogens with one attached hydrogen (secondary N) is 1. The monoisotopic (exact) mass is 279 g/mol. The van der Waals surface area contributed by atoms with Gasteiger partial charge in [0.15, 0.2) is 0 Å². The molecule has 0 bridgehead atoms. The lowest BCUT2D eigenvalue weighted by Crippen LogP contribution is -2.27. The SMILES string of the molecule is c1ccc(CN2CC3CNC(c4ccncc4)C3C2)cc1. The molecule has 3 atom stereocenters. The minimum absolute atomic E-state index is 0.499. The van der Waals surface area contributed by atoms with E-state index in [0.717, 1.165) is 24.9 Å². The number of nitrogens with zero attached hydrogens (tertiary/aromatic N) is 2. The van der Waals surface area contributed by atoms with Crippen LogP contribution in [-0.4, -0.2) is 29.5 Å². The Labute approximate surface area is 126 Å². The van der Waals surface area contributed by atoms with E-state index in [1.165, 1.54) is 24.2 Å². The van der Waals surface area contributed by atoms with E-state index in [2.05, 4.69) is 57.7 Å². The maximum atomic E-state index is 4.13. The second-order valence-corrected chi connectivity index (χ2v) is 6.27. The molecule has 21 heavy (non-hydrogen) atoms. The molecule has 3 unspecified atom stereocenters. The summed E-state index contributed by atoms with van der Waals surface area (Å²) in [6, 6.07) is 15.6. The van der Waals surface area contributed by atoms with E-state index in [-0.39, 0.29) is 0 Å². The van der Waals surface area contributed by atoms with Crippen molar-refractivity contribution in [3.63, 3.8) is 0 Å². The summed E-state index contributed by atoms with van der Waals surface area (Å²) in [4.78, 5) is 6.75. The van der Waals surface area contributed by atoms with Gasteiger partial charge >= 0.3 is 0 Å². The Balaban J connectivity index is 1.46. The van der Waals surface area contributed by atoms with Crippen LogP contribution in [0.1, 0.15) is 17.2 Å². The summed E-state index contributed by atoms with van der Waals surface area (Å²) in [5.74, 6) is 1.52. The fourth-order valence-corrected chi connectivity index (χ4v) is 3.92. The average Bonchev–Trinajstić information content (AvgIpc) is 3.09. The Morgan fingerprint density at radius 3 is 2.67 bits per heavy atom. The van der Waals surface area contributed by atoms with Crippen molar-refractivity contribution in [1.82, 2.24) is 15.2 Å². The molecule has 3 heterocycles. The van der Waals surface area contributed by atoms with E-state index in [0.29, 0.717) is 6.04 Å². The zero-order chi connectivity index (χ0) is 14.1. The van der Waals surface area contributed by atoms with E-state index in [4.69, 9.17) is 0 Å². The lowest BCUT2D eigenvalue weighted by molar-refractivity contribution is 0.294. The maximum absolute atomic E-state index is 4.13. The van der Waals surface area contributed by atoms with Gasteiger partial charge in [-0.05, 0) is 35.1 Å². The molecule has 2 aliphatic heterocycles. The summed E-state index contributed by atoms with van der Waals surface area (Å²) in [5.41, 5.74) is 2.81. The quantitative estimate of drug-likeness (QED) is 0.935. The van der Waals surface area contributed by atoms with Crippen molar-refractivity contribution in [2.24, 2.45) is 11.8 Å². The zero-order valence-electron chi connectivity index (χ0n) is 12.2. The van der Waals surface area contributed by atoms with Gasteiger partial charge in [-0.15, -0.1) is 0 Å². The Morgan fingerprint density at radius 2 is 1.86 bits per heavy atom. The molecule has 1 aromatic carbocycles. The molecule has 3 nitrogen and oxygen atoms in total. The van der Waals surface area contributed by atoms with Gasteiger partial charge in [-0.2, -0.15) is 0 Å². The molecule has 0 saturated carbocycles. The predicted molar refractivity (Wildman–Crippen MR) is 83.7 cm³/mol. The van der Waals surface area contributed by atoms with Crippen LogP contribution < -0.4 is 5.32 Å². The van der Waals surface area contributed by atoms with Crippen LogP contribution in [0.25, 0.3) is 0 Å². The van der Waals surface area contributed by atoms with Crippen molar-refractivity contribution in [1.29, 1.82) is 0 Å². The highest BCUT2D eigenvalue weighted by Gasteiger charge is 2.42. The molecular weight excluding hydrogens is 258 g/mol. The first-order valence-electron chi connectivity index (χ1n) is 7.80. The summed E-state index contributed by atoms with van der Waals surface area (Å²) in [5, 5.41) is 3.70. The van der Waals surface area contributed by atoms with E-state index in [1.54, 1.807) is 0 Å². The van der Waals surface area contributed by atoms with Crippen molar-refractivity contribution in [2.45, 2.75) is 12.6 Å². The number of hydrogen-bond donors (Lipinski definition) is 1. The first kappa shape index (κ1) is 13.0. The van der Waals surface area contributed by atoms with E-state index in [9.17, 15) is 0 Å². The summed E-state index contributed by atoms with van der Waals surface area (Å²) in [6.07, 6.45) is 3.81. The van der Waals surface area contributed by atoms with Crippen LogP contribution >= 0.6 is 0 Å². The number of benzene rings is 1. The molecule has 3 heteroatoms. The van der Waals surface area contributed by atoms with E-state index < -0.39 is 0 Å². The molecule has 108 valence electrons. The number of fused-ring (bicyclic) bond motifs is 1. The van der Waals surface area contributed by atoms with Gasteiger partial charge in [0.2, 0.25) is 0 Å². The van der Waals surface area contributed by atoms with Gasteiger partial charge in [-0.1, -0.05) is 30.3 Å². The van der Waals surface area contributed by atoms with Gasteiger partial charge in [-0.3, -0.25) is 9.88 Å². The predicted octanol–water partition coefficient (Wildman–Crippen LogP) is 2.47. The Kier molecular flexibility index (Phi) is 3.45. The number of likely N-dealkylation sites (tertiary alicyclic amines) is 1. The number of rotatable bonds is 3. The van der Waals surface area contributed by atoms with Crippen LogP contribution in [-0.2, 0) is 6.54 Å². The molecule has 2 fully saturated rings. The van der Waals surface area contributed by atoms with E-state index >= 15 is 0 Å². The molecule has 1 aromatic heterocycles. The molecule has 2 aliphatic rings. The Morgan fingerprint density at radius 1 is 1.05 bits per heavy atom. The standard InChI is InChI=1S/C18H21N3/c1-2-4-14(5-3-1)11-21-12-16-10-20-18(17(16)13-21)15-6-8-19-9-7-15/h1-9,16-18,20H,10-13H2. The average molecular weight is 279 g/mol. The largest absolute Gasteiger partial charge is 0.309 e. The normalized spacial score (nSPS) is 28.7. The van der Waals surface area contributed by atoms with Crippen LogP contribution in [0.4, 0.5) is 0 Å². The maximum Gasteiger partial charge on any atom is 0.0365 e. The van der Waals surface area contributed by atoms with Gasteiger partial charge in [0.25, 0.3) is 0 Å². The second-order valence-electron chi connectivity index (χ2n) is 6.27. The van der Waals surface area contributed by atoms with Crippen molar-refractivity contribution >= 4 is 0 Å². The van der Waals surface area contributed by atoms with Gasteiger partial charge in [0.05, 0.1) is 0 Å². The summed E-state index contributed by atoms with van der Waals surface area (Å²) in [7, 11) is 0. The Hall–Kier alpha value is -1.71. The summed E-state index contributed by atoms with van der Waals surface area (Å²) in [6.45, 7) is 4.63. The first-order chi connectivity index (χ1) is 10.4. The molecule has 2 saturated heterocycles. The van der Waals surface area contributed by atoms with Crippen molar-refractivity contribution in [3.05, 3.63) is 66.0 Å². The molecule has 1 N–H and O–H groups in total. The molecule has 0 aliphatic carbocycles. The zero-order valence-corrected chi connectivity index (χ0v) is 12.2. The van der Waals surface area contributed by atoms with Gasteiger partial charge in [-0.25, -0.2) is 0 Å².